The molecule has 0 saturated carbocycles. The summed E-state index contributed by atoms with van der Waals surface area (Å²) in [7, 11) is 1.34. The second-order valence-electron chi connectivity index (χ2n) is 7.70. The van der Waals surface area contributed by atoms with Gasteiger partial charge < -0.3 is 4.74 Å². The van der Waals surface area contributed by atoms with Crippen LogP contribution in [0.3, 0.4) is 0 Å². The maximum absolute atomic E-state index is 13.0. The van der Waals surface area contributed by atoms with E-state index in [4.69, 9.17) is 27.9 Å². The number of hydrogen-bond donors (Lipinski definition) is 0. The highest BCUT2D eigenvalue weighted by Gasteiger charge is 2.46. The Bertz CT molecular complexity index is 855. The second-order valence-corrected chi connectivity index (χ2v) is 8.54. The van der Waals surface area contributed by atoms with Crippen molar-refractivity contribution in [2.45, 2.75) is 39.5 Å². The summed E-state index contributed by atoms with van der Waals surface area (Å²) in [4.78, 5) is 30.2. The highest BCUT2D eigenvalue weighted by molar-refractivity contribution is 6.35. The Balaban J connectivity index is 2.24. The van der Waals surface area contributed by atoms with Gasteiger partial charge in [0.2, 0.25) is 0 Å². The average Bonchev–Trinajstić information content (AvgIpc) is 2.51. The number of hydrogen-bond acceptors (Lipinski definition) is 4. The van der Waals surface area contributed by atoms with E-state index < -0.39 is 17.8 Å². The zero-order valence-electron chi connectivity index (χ0n) is 15.2. The van der Waals surface area contributed by atoms with Gasteiger partial charge in [0.15, 0.2) is 5.78 Å². The summed E-state index contributed by atoms with van der Waals surface area (Å²) in [6.45, 7) is 5.90. The third-order valence-corrected chi connectivity index (χ3v) is 5.62. The molecule has 0 saturated heterocycles. The predicted molar refractivity (Wildman–Crippen MR) is 103 cm³/mol. The number of rotatable bonds is 2. The van der Waals surface area contributed by atoms with Crippen LogP contribution in [0.2, 0.25) is 10.0 Å². The number of esters is 1. The van der Waals surface area contributed by atoms with Crippen molar-refractivity contribution in [2.24, 2.45) is 16.3 Å². The lowest BCUT2D eigenvalue weighted by molar-refractivity contribution is -0.143. The van der Waals surface area contributed by atoms with Crippen LogP contribution >= 0.6 is 23.2 Å². The zero-order chi connectivity index (χ0) is 19.2. The Morgan fingerprint density at radius 2 is 1.96 bits per heavy atom. The number of carbonyl (C=O) groups excluding carboxylic acids is 2. The Morgan fingerprint density at radius 1 is 1.27 bits per heavy atom. The highest BCUT2D eigenvalue weighted by atomic mass is 35.5. The van der Waals surface area contributed by atoms with E-state index in [1.807, 2.05) is 0 Å². The van der Waals surface area contributed by atoms with E-state index in [1.165, 1.54) is 7.11 Å². The molecule has 0 radical (unpaired) electrons. The standard InChI is InChI=1S/C20H21Cl2NO3/c1-10-16(19(25)26-4)17(12-6-5-11(21)7-13(12)22)18-14(23-10)8-20(2,3)9-15(18)24/h5-7,16-17H,8-9H2,1-4H3/t16?,17-/m0/s1. The summed E-state index contributed by atoms with van der Waals surface area (Å²) in [5.74, 6) is -1.60. The fraction of sp³-hybridized carbons (Fsp3) is 0.450. The van der Waals surface area contributed by atoms with Gasteiger partial charge in [0.05, 0.1) is 7.11 Å². The quantitative estimate of drug-likeness (QED) is 0.665. The van der Waals surface area contributed by atoms with Crippen LogP contribution in [-0.4, -0.2) is 24.6 Å². The molecule has 2 aliphatic rings. The molecule has 3 rings (SSSR count). The van der Waals surface area contributed by atoms with Crippen molar-refractivity contribution >= 4 is 40.7 Å². The molecular formula is C20H21Cl2NO3. The molecule has 1 aliphatic heterocycles. The average molecular weight is 394 g/mol. The molecule has 0 bridgehead atoms. The first-order valence-corrected chi connectivity index (χ1v) is 9.24. The largest absolute Gasteiger partial charge is 0.468 e. The van der Waals surface area contributed by atoms with Gasteiger partial charge in [0.25, 0.3) is 0 Å². The van der Waals surface area contributed by atoms with E-state index in [9.17, 15) is 9.59 Å². The number of aliphatic imine (C=N–C) groups is 1. The highest BCUT2D eigenvalue weighted by Crippen LogP contribution is 2.49. The van der Waals surface area contributed by atoms with Crippen molar-refractivity contribution in [3.8, 4) is 0 Å². The van der Waals surface area contributed by atoms with Gasteiger partial charge in [0.1, 0.15) is 5.92 Å². The van der Waals surface area contributed by atoms with Crippen molar-refractivity contribution in [2.75, 3.05) is 7.11 Å². The third kappa shape index (κ3) is 3.33. The van der Waals surface area contributed by atoms with Crippen molar-refractivity contribution < 1.29 is 14.3 Å². The molecule has 138 valence electrons. The van der Waals surface area contributed by atoms with Gasteiger partial charge in [0, 0.05) is 39.4 Å². The van der Waals surface area contributed by atoms with Gasteiger partial charge >= 0.3 is 5.97 Å². The predicted octanol–water partition coefficient (Wildman–Crippen LogP) is 4.98. The molecule has 2 atom stereocenters. The Hall–Kier alpha value is -1.65. The van der Waals surface area contributed by atoms with Crippen LogP contribution in [0.4, 0.5) is 0 Å². The Kier molecular flexibility index (Phi) is 5.02. The second kappa shape index (κ2) is 6.82. The smallest absolute Gasteiger partial charge is 0.315 e. The number of Topliss-reactive ketones (excluding diaryl/α,β-unsaturated/α-hetero) is 1. The number of benzene rings is 1. The lowest BCUT2D eigenvalue weighted by Gasteiger charge is -2.39. The molecule has 1 aliphatic carbocycles. The molecule has 26 heavy (non-hydrogen) atoms. The summed E-state index contributed by atoms with van der Waals surface area (Å²) < 4.78 is 5.01. The first kappa shape index (κ1) is 19.1. The fourth-order valence-corrected chi connectivity index (χ4v) is 4.49. The summed E-state index contributed by atoms with van der Waals surface area (Å²) in [5.41, 5.74) is 2.50. The van der Waals surface area contributed by atoms with Crippen LogP contribution in [0.25, 0.3) is 0 Å². The normalized spacial score (nSPS) is 24.8. The topological polar surface area (TPSA) is 55.7 Å². The number of methoxy groups -OCH3 is 1. The van der Waals surface area contributed by atoms with Crippen LogP contribution in [0.5, 0.6) is 0 Å². The minimum absolute atomic E-state index is 0.0115. The monoisotopic (exact) mass is 393 g/mol. The van der Waals surface area contributed by atoms with Crippen molar-refractivity contribution in [3.05, 3.63) is 45.1 Å². The van der Waals surface area contributed by atoms with E-state index >= 15 is 0 Å². The first-order valence-electron chi connectivity index (χ1n) is 8.49. The summed E-state index contributed by atoms with van der Waals surface area (Å²) in [5, 5.41) is 0.926. The molecule has 0 amide bonds. The number of allylic oxidation sites excluding steroid dienone is 2. The van der Waals surface area contributed by atoms with Crippen molar-refractivity contribution in [3.63, 3.8) is 0 Å². The lowest BCUT2D eigenvalue weighted by atomic mass is 9.67. The number of halogens is 2. The zero-order valence-corrected chi connectivity index (χ0v) is 16.7. The molecule has 1 aromatic carbocycles. The molecular weight excluding hydrogens is 373 g/mol. The van der Waals surface area contributed by atoms with Crippen molar-refractivity contribution in [1.82, 2.24) is 0 Å². The van der Waals surface area contributed by atoms with Gasteiger partial charge in [-0.1, -0.05) is 43.1 Å². The SMILES string of the molecule is COC(=O)C1C(C)=NC2=C(C(=O)CC(C)(C)C2)[C@H]1c1ccc(Cl)cc1Cl. The number of ether oxygens (including phenoxy) is 1. The van der Waals surface area contributed by atoms with Crippen LogP contribution in [0, 0.1) is 11.3 Å². The van der Waals surface area contributed by atoms with Crippen LogP contribution in [-0.2, 0) is 14.3 Å². The summed E-state index contributed by atoms with van der Waals surface area (Å²) >= 11 is 12.5. The van der Waals surface area contributed by atoms with Gasteiger partial charge in [-0.05, 0) is 36.5 Å². The molecule has 0 N–H and O–H groups in total. The van der Waals surface area contributed by atoms with E-state index in [1.54, 1.807) is 25.1 Å². The minimum atomic E-state index is -0.678. The van der Waals surface area contributed by atoms with Crippen LogP contribution < -0.4 is 0 Å². The molecule has 1 aromatic rings. The summed E-state index contributed by atoms with van der Waals surface area (Å²) in [6.07, 6.45) is 1.09. The molecule has 0 fully saturated rings. The van der Waals surface area contributed by atoms with E-state index in [0.29, 0.717) is 39.7 Å². The fourth-order valence-electron chi connectivity index (χ4n) is 3.97. The number of carbonyl (C=O) groups is 2. The number of ketones is 1. The van der Waals surface area contributed by atoms with Crippen molar-refractivity contribution in [1.29, 1.82) is 0 Å². The van der Waals surface area contributed by atoms with E-state index in [2.05, 4.69) is 18.8 Å². The Morgan fingerprint density at radius 3 is 2.58 bits per heavy atom. The molecule has 1 unspecified atom stereocenters. The maximum Gasteiger partial charge on any atom is 0.315 e. The molecule has 4 nitrogen and oxygen atoms in total. The third-order valence-electron chi connectivity index (χ3n) is 5.05. The van der Waals surface area contributed by atoms with E-state index in [-0.39, 0.29) is 11.2 Å². The van der Waals surface area contributed by atoms with Crippen LogP contribution in [0.1, 0.15) is 45.1 Å². The molecule has 0 spiro atoms. The summed E-state index contributed by atoms with van der Waals surface area (Å²) in [6, 6.07) is 5.13. The maximum atomic E-state index is 13.0. The van der Waals surface area contributed by atoms with Gasteiger partial charge in [-0.25, -0.2) is 0 Å². The number of nitrogens with zero attached hydrogens (tertiary/aromatic N) is 1. The Labute approximate surface area is 163 Å². The first-order chi connectivity index (χ1) is 12.1. The molecule has 0 aromatic heterocycles. The molecule has 1 heterocycles. The van der Waals surface area contributed by atoms with E-state index in [0.717, 1.165) is 5.70 Å². The minimum Gasteiger partial charge on any atom is -0.468 e. The van der Waals surface area contributed by atoms with Crippen LogP contribution in [0.15, 0.2) is 34.5 Å². The van der Waals surface area contributed by atoms with Gasteiger partial charge in [-0.2, -0.15) is 0 Å². The lowest BCUT2D eigenvalue weighted by Crippen LogP contribution is -2.39. The molecule has 6 heteroatoms. The van der Waals surface area contributed by atoms with Gasteiger partial charge in [-0.15, -0.1) is 0 Å². The van der Waals surface area contributed by atoms with Gasteiger partial charge in [-0.3, -0.25) is 14.6 Å².